The van der Waals surface area contributed by atoms with Crippen LogP contribution in [0.4, 0.5) is 8.78 Å². The van der Waals surface area contributed by atoms with Gasteiger partial charge in [-0.1, -0.05) is 17.7 Å². The van der Waals surface area contributed by atoms with Crippen LogP contribution in [-0.2, 0) is 34.1 Å². The molecule has 1 spiro atoms. The molecule has 0 aromatic carbocycles. The Morgan fingerprint density at radius 3 is 2.83 bits per heavy atom. The largest absolute Gasteiger partial charge is 0.376 e. The molecule has 10 heteroatoms. The van der Waals surface area contributed by atoms with E-state index in [9.17, 15) is 8.78 Å². The number of hydrogen-bond donors (Lipinski definition) is 0. The second-order valence-electron chi connectivity index (χ2n) is 10.2. The Hall–Kier alpha value is -1.91. The Kier molecular flexibility index (Phi) is 6.40. The van der Waals surface area contributed by atoms with Gasteiger partial charge in [0, 0.05) is 60.2 Å². The van der Waals surface area contributed by atoms with Crippen molar-refractivity contribution in [1.29, 1.82) is 0 Å². The van der Waals surface area contributed by atoms with E-state index in [2.05, 4.69) is 9.88 Å². The lowest BCUT2D eigenvalue weighted by molar-refractivity contribution is -0.182. The Bertz CT molecular complexity index is 1250. The molecule has 6 nitrogen and oxygen atoms in total. The number of ether oxygens (including phenoxy) is 2. The maximum absolute atomic E-state index is 14.4. The second-order valence-corrected chi connectivity index (χ2v) is 11.9. The van der Waals surface area contributed by atoms with Gasteiger partial charge in [-0.15, -0.1) is 11.3 Å². The molecule has 1 aliphatic carbocycles. The number of alkyl halides is 2. The van der Waals surface area contributed by atoms with Crippen molar-refractivity contribution in [1.82, 2.24) is 19.7 Å². The summed E-state index contributed by atoms with van der Waals surface area (Å²) in [4.78, 5) is 7.51. The number of rotatable bonds is 7. The molecule has 36 heavy (non-hydrogen) atoms. The van der Waals surface area contributed by atoms with Crippen LogP contribution in [0.3, 0.4) is 0 Å². The van der Waals surface area contributed by atoms with Gasteiger partial charge >= 0.3 is 0 Å². The molecule has 3 aliphatic rings. The third-order valence-corrected chi connectivity index (χ3v) is 8.94. The standard InChI is InChI=1S/C26H29ClF2N4O2S/c1-17-20(13-33(31-17)24-19(3-2-8-30-24)15-34-14-18-4-5-18)12-32-9-6-25(7-10-32)23-21(11-22(27)36-23)26(28,29)16-35-25/h2-3,8,11,13,18H,4-7,9-10,12,14-16H2,1H3. The Labute approximate surface area is 218 Å². The molecule has 1 saturated carbocycles. The van der Waals surface area contributed by atoms with Gasteiger partial charge in [-0.3, -0.25) is 4.90 Å². The average molecular weight is 535 g/mol. The molecule has 0 atom stereocenters. The van der Waals surface area contributed by atoms with Gasteiger partial charge in [0.1, 0.15) is 12.2 Å². The SMILES string of the molecule is Cc1nn(-c2ncccc2COCC2CC2)cc1CN1CCC2(CC1)OCC(F)(F)c1cc(Cl)sc12. The smallest absolute Gasteiger partial charge is 0.297 e. The summed E-state index contributed by atoms with van der Waals surface area (Å²) < 4.78 is 42.8. The number of aryl methyl sites for hydroxylation is 1. The summed E-state index contributed by atoms with van der Waals surface area (Å²) in [6.07, 6.45) is 7.66. The molecule has 3 aromatic rings. The molecular formula is C26H29ClF2N4O2S. The van der Waals surface area contributed by atoms with Crippen LogP contribution in [0.25, 0.3) is 5.82 Å². The summed E-state index contributed by atoms with van der Waals surface area (Å²) in [5.41, 5.74) is 2.46. The molecule has 2 fully saturated rings. The highest BCUT2D eigenvalue weighted by Gasteiger charge is 2.51. The number of nitrogens with zero attached hydrogens (tertiary/aromatic N) is 4. The molecule has 192 valence electrons. The molecule has 2 aliphatic heterocycles. The van der Waals surface area contributed by atoms with Crippen molar-refractivity contribution in [3.05, 3.63) is 62.2 Å². The normalized spacial score (nSPS) is 21.1. The van der Waals surface area contributed by atoms with Gasteiger partial charge in [0.2, 0.25) is 0 Å². The van der Waals surface area contributed by atoms with Crippen molar-refractivity contribution in [2.45, 2.75) is 57.3 Å². The molecule has 3 aromatic heterocycles. The minimum atomic E-state index is -2.99. The number of pyridine rings is 1. The minimum absolute atomic E-state index is 0.0431. The Balaban J connectivity index is 1.14. The fourth-order valence-corrected chi connectivity index (χ4v) is 6.64. The summed E-state index contributed by atoms with van der Waals surface area (Å²) >= 11 is 7.37. The Morgan fingerprint density at radius 2 is 2.06 bits per heavy atom. The summed E-state index contributed by atoms with van der Waals surface area (Å²) in [7, 11) is 0. The van der Waals surface area contributed by atoms with E-state index in [0.29, 0.717) is 34.6 Å². The number of aromatic nitrogens is 3. The molecule has 6 rings (SSSR count). The van der Waals surface area contributed by atoms with Crippen molar-refractivity contribution < 1.29 is 18.3 Å². The lowest BCUT2D eigenvalue weighted by Crippen LogP contribution is -2.48. The summed E-state index contributed by atoms with van der Waals surface area (Å²) in [5.74, 6) is -1.48. The van der Waals surface area contributed by atoms with Gasteiger partial charge in [0.25, 0.3) is 5.92 Å². The number of likely N-dealkylation sites (tertiary alicyclic amines) is 1. The third-order valence-electron chi connectivity index (χ3n) is 7.49. The van der Waals surface area contributed by atoms with E-state index in [0.717, 1.165) is 48.9 Å². The zero-order valence-electron chi connectivity index (χ0n) is 20.2. The van der Waals surface area contributed by atoms with E-state index < -0.39 is 18.1 Å². The first-order valence-corrected chi connectivity index (χ1v) is 13.6. The van der Waals surface area contributed by atoms with Crippen molar-refractivity contribution in [3.8, 4) is 5.82 Å². The van der Waals surface area contributed by atoms with Crippen LogP contribution in [0.5, 0.6) is 0 Å². The summed E-state index contributed by atoms with van der Waals surface area (Å²) in [6.45, 7) is 4.97. The van der Waals surface area contributed by atoms with Gasteiger partial charge < -0.3 is 9.47 Å². The van der Waals surface area contributed by atoms with Crippen LogP contribution in [0, 0.1) is 12.8 Å². The van der Waals surface area contributed by atoms with Crippen molar-refractivity contribution in [2.75, 3.05) is 26.3 Å². The first kappa shape index (κ1) is 24.4. The Morgan fingerprint density at radius 1 is 1.25 bits per heavy atom. The first-order chi connectivity index (χ1) is 17.3. The fraction of sp³-hybridized carbons (Fsp3) is 0.538. The lowest BCUT2D eigenvalue weighted by atomic mass is 9.84. The number of fused-ring (bicyclic) bond motifs is 2. The number of piperidine rings is 1. The maximum Gasteiger partial charge on any atom is 0.297 e. The van der Waals surface area contributed by atoms with Gasteiger partial charge in [0.05, 0.1) is 16.6 Å². The van der Waals surface area contributed by atoms with Gasteiger partial charge in [0.15, 0.2) is 5.82 Å². The van der Waals surface area contributed by atoms with Crippen LogP contribution in [0.15, 0.2) is 30.6 Å². The van der Waals surface area contributed by atoms with Crippen LogP contribution in [0.2, 0.25) is 4.34 Å². The third kappa shape index (κ3) is 4.72. The number of thiophene rings is 1. The molecule has 1 saturated heterocycles. The van der Waals surface area contributed by atoms with Crippen LogP contribution >= 0.6 is 22.9 Å². The molecule has 0 unspecified atom stereocenters. The predicted octanol–water partition coefficient (Wildman–Crippen LogP) is 5.83. The van der Waals surface area contributed by atoms with Crippen LogP contribution in [-0.4, -0.2) is 46.0 Å². The fourth-order valence-electron chi connectivity index (χ4n) is 5.16. The van der Waals surface area contributed by atoms with Crippen molar-refractivity contribution in [2.24, 2.45) is 5.92 Å². The van der Waals surface area contributed by atoms with E-state index >= 15 is 0 Å². The molecule has 0 amide bonds. The number of halogens is 3. The van der Waals surface area contributed by atoms with Gasteiger partial charge in [-0.05, 0) is 50.7 Å². The minimum Gasteiger partial charge on any atom is -0.376 e. The van der Waals surface area contributed by atoms with E-state index in [-0.39, 0.29) is 5.56 Å². The first-order valence-electron chi connectivity index (χ1n) is 12.4. The molecule has 5 heterocycles. The van der Waals surface area contributed by atoms with Crippen LogP contribution in [0.1, 0.15) is 52.9 Å². The summed E-state index contributed by atoms with van der Waals surface area (Å²) in [6, 6.07) is 5.38. The monoisotopic (exact) mass is 534 g/mol. The lowest BCUT2D eigenvalue weighted by Gasteiger charge is -2.45. The summed E-state index contributed by atoms with van der Waals surface area (Å²) in [5, 5.41) is 4.75. The molecule has 0 bridgehead atoms. The quantitative estimate of drug-likeness (QED) is 0.382. The van der Waals surface area contributed by atoms with E-state index in [4.69, 9.17) is 26.2 Å². The van der Waals surface area contributed by atoms with E-state index in [1.165, 1.54) is 30.2 Å². The molecule has 0 radical (unpaired) electrons. The predicted molar refractivity (Wildman–Crippen MR) is 134 cm³/mol. The van der Waals surface area contributed by atoms with Gasteiger partial charge in [-0.2, -0.15) is 13.9 Å². The highest BCUT2D eigenvalue weighted by molar-refractivity contribution is 7.16. The zero-order chi connectivity index (χ0) is 24.9. The second kappa shape index (κ2) is 9.44. The van der Waals surface area contributed by atoms with E-state index in [1.54, 1.807) is 6.20 Å². The van der Waals surface area contributed by atoms with E-state index in [1.807, 2.05) is 29.9 Å². The maximum atomic E-state index is 14.4. The zero-order valence-corrected chi connectivity index (χ0v) is 21.8. The number of hydrogen-bond acceptors (Lipinski definition) is 6. The highest BCUT2D eigenvalue weighted by atomic mass is 35.5. The topological polar surface area (TPSA) is 52.4 Å². The molecular weight excluding hydrogens is 506 g/mol. The van der Waals surface area contributed by atoms with Crippen molar-refractivity contribution in [3.63, 3.8) is 0 Å². The average Bonchev–Trinajstić information content (AvgIpc) is 3.48. The highest BCUT2D eigenvalue weighted by Crippen LogP contribution is 2.52. The van der Waals surface area contributed by atoms with Gasteiger partial charge in [-0.25, -0.2) is 9.67 Å². The van der Waals surface area contributed by atoms with Crippen LogP contribution < -0.4 is 0 Å². The molecule has 0 N–H and O–H groups in total. The van der Waals surface area contributed by atoms with Crippen molar-refractivity contribution >= 4 is 22.9 Å².